The molecular formula is C44H82N2O7. The quantitative estimate of drug-likeness (QED) is 0.0277. The summed E-state index contributed by atoms with van der Waals surface area (Å²) in [5, 5.41) is 22.5. The number of unbranched alkanes of at least 4 members (excludes halogenated alkanes) is 26. The van der Waals surface area contributed by atoms with Gasteiger partial charge in [-0.2, -0.15) is 0 Å². The van der Waals surface area contributed by atoms with Crippen molar-refractivity contribution in [3.63, 3.8) is 0 Å². The number of allylic oxidation sites excluding steroid dienone is 1. The van der Waals surface area contributed by atoms with Crippen molar-refractivity contribution in [2.45, 2.75) is 231 Å². The van der Waals surface area contributed by atoms with E-state index in [9.17, 15) is 19.2 Å². The number of amides is 2. The number of aliphatic carboxylic acids is 1. The molecule has 0 heterocycles. The molecule has 0 rings (SSSR count). The van der Waals surface area contributed by atoms with Crippen molar-refractivity contribution in [3.05, 3.63) is 12.2 Å². The Balaban J connectivity index is 4.23. The third-order valence-corrected chi connectivity index (χ3v) is 10.00. The summed E-state index contributed by atoms with van der Waals surface area (Å²) >= 11 is 0. The first kappa shape index (κ1) is 50.6. The molecule has 0 aliphatic carbocycles. The fourth-order valence-electron chi connectivity index (χ4n) is 6.57. The van der Waals surface area contributed by atoms with E-state index in [1.807, 2.05) is 0 Å². The minimum absolute atomic E-state index is 0.106. The topological polar surface area (TPSA) is 142 Å². The van der Waals surface area contributed by atoms with Crippen molar-refractivity contribution in [3.8, 4) is 0 Å². The standard InChI is InChI=1S/C44H82N2O7/c1-3-5-7-9-11-13-14-15-16-17-18-19-20-22-24-26-32-36-43(50)53-39(33-29-25-23-21-12-10-8-6-4-2)34-30-27-28-31-35-41(48)45-37-42(49)46-40(38-47)44(51)52/h29,33,39-40,47H,3-28,30-32,34-38H2,1-2H3,(H,45,48)(H,46,49)(H,51,52)/b33-29-. The molecule has 0 fully saturated rings. The van der Waals surface area contributed by atoms with E-state index in [1.165, 1.54) is 135 Å². The maximum Gasteiger partial charge on any atom is 0.328 e. The van der Waals surface area contributed by atoms with Crippen LogP contribution in [0.4, 0.5) is 0 Å². The molecule has 310 valence electrons. The summed E-state index contributed by atoms with van der Waals surface area (Å²) in [6.45, 7) is 3.46. The molecule has 0 aromatic carbocycles. The van der Waals surface area contributed by atoms with Crippen LogP contribution in [0.2, 0.25) is 0 Å². The van der Waals surface area contributed by atoms with Gasteiger partial charge in [-0.25, -0.2) is 4.79 Å². The van der Waals surface area contributed by atoms with Crippen LogP contribution in [0.15, 0.2) is 12.2 Å². The maximum absolute atomic E-state index is 12.7. The monoisotopic (exact) mass is 751 g/mol. The van der Waals surface area contributed by atoms with Crippen molar-refractivity contribution in [2.24, 2.45) is 0 Å². The smallest absolute Gasteiger partial charge is 0.328 e. The molecule has 9 nitrogen and oxygen atoms in total. The third-order valence-electron chi connectivity index (χ3n) is 10.00. The Hall–Kier alpha value is -2.42. The summed E-state index contributed by atoms with van der Waals surface area (Å²) in [4.78, 5) is 47.5. The number of ether oxygens (including phenoxy) is 1. The summed E-state index contributed by atoms with van der Waals surface area (Å²) in [5.41, 5.74) is 0. The summed E-state index contributed by atoms with van der Waals surface area (Å²) in [5.74, 6) is -2.38. The molecule has 4 N–H and O–H groups in total. The van der Waals surface area contributed by atoms with Crippen LogP contribution in [0, 0.1) is 0 Å². The summed E-state index contributed by atoms with van der Waals surface area (Å²) in [6.07, 6.45) is 41.1. The lowest BCUT2D eigenvalue weighted by Crippen LogP contribution is -2.47. The Morgan fingerprint density at radius 2 is 1.00 bits per heavy atom. The zero-order valence-corrected chi connectivity index (χ0v) is 34.3. The van der Waals surface area contributed by atoms with Gasteiger partial charge < -0.3 is 25.6 Å². The van der Waals surface area contributed by atoms with E-state index < -0.39 is 24.5 Å². The summed E-state index contributed by atoms with van der Waals surface area (Å²) < 4.78 is 5.92. The highest BCUT2D eigenvalue weighted by molar-refractivity contribution is 5.87. The summed E-state index contributed by atoms with van der Waals surface area (Å²) in [6, 6.07) is -1.39. The molecule has 0 bridgehead atoms. The van der Waals surface area contributed by atoms with Crippen LogP contribution in [0.1, 0.15) is 219 Å². The van der Waals surface area contributed by atoms with Gasteiger partial charge in [-0.3, -0.25) is 14.4 Å². The minimum Gasteiger partial charge on any atom is -0.480 e. The Morgan fingerprint density at radius 1 is 0.566 bits per heavy atom. The fourth-order valence-corrected chi connectivity index (χ4v) is 6.57. The first-order valence-corrected chi connectivity index (χ1v) is 22.1. The molecule has 0 aliphatic heterocycles. The Bertz CT molecular complexity index is 910. The maximum atomic E-state index is 12.7. The second kappa shape index (κ2) is 39.3. The van der Waals surface area contributed by atoms with Crippen molar-refractivity contribution < 1.29 is 34.1 Å². The van der Waals surface area contributed by atoms with Gasteiger partial charge in [0, 0.05) is 12.8 Å². The molecule has 0 aromatic rings. The van der Waals surface area contributed by atoms with E-state index in [-0.39, 0.29) is 30.9 Å². The first-order chi connectivity index (χ1) is 25.8. The molecule has 0 radical (unpaired) electrons. The van der Waals surface area contributed by atoms with Crippen molar-refractivity contribution in [1.29, 1.82) is 0 Å². The summed E-state index contributed by atoms with van der Waals surface area (Å²) in [7, 11) is 0. The molecule has 53 heavy (non-hydrogen) atoms. The highest BCUT2D eigenvalue weighted by atomic mass is 16.5. The van der Waals surface area contributed by atoms with Gasteiger partial charge >= 0.3 is 11.9 Å². The number of rotatable bonds is 40. The molecule has 2 amide bonds. The number of hydrogen-bond donors (Lipinski definition) is 4. The van der Waals surface area contributed by atoms with E-state index in [4.69, 9.17) is 14.9 Å². The van der Waals surface area contributed by atoms with E-state index in [0.29, 0.717) is 12.8 Å². The molecule has 9 heteroatoms. The zero-order valence-electron chi connectivity index (χ0n) is 34.3. The van der Waals surface area contributed by atoms with Crippen LogP contribution in [-0.4, -0.2) is 59.3 Å². The average molecular weight is 751 g/mol. The van der Waals surface area contributed by atoms with E-state index in [1.54, 1.807) is 0 Å². The molecule has 2 unspecified atom stereocenters. The number of aliphatic hydroxyl groups excluding tert-OH is 1. The van der Waals surface area contributed by atoms with Gasteiger partial charge in [0.05, 0.1) is 13.2 Å². The molecule has 0 aromatic heterocycles. The average Bonchev–Trinajstić information content (AvgIpc) is 3.14. The van der Waals surface area contributed by atoms with Gasteiger partial charge in [0.25, 0.3) is 0 Å². The molecule has 2 atom stereocenters. The second-order valence-corrected chi connectivity index (χ2v) is 15.1. The number of nitrogens with one attached hydrogen (secondary N) is 2. The number of esters is 1. The van der Waals surface area contributed by atoms with Gasteiger partial charge in [0.15, 0.2) is 0 Å². The van der Waals surface area contributed by atoms with Crippen LogP contribution < -0.4 is 10.6 Å². The Morgan fingerprint density at radius 3 is 1.47 bits per heavy atom. The molecule has 0 aliphatic rings. The minimum atomic E-state index is -1.39. The zero-order chi connectivity index (χ0) is 39.0. The highest BCUT2D eigenvalue weighted by Crippen LogP contribution is 2.17. The lowest BCUT2D eigenvalue weighted by atomic mass is 10.0. The predicted octanol–water partition coefficient (Wildman–Crippen LogP) is 10.7. The first-order valence-electron chi connectivity index (χ1n) is 22.1. The molecular weight excluding hydrogens is 668 g/mol. The Kier molecular flexibility index (Phi) is 37.5. The fraction of sp³-hybridized carbons (Fsp3) is 0.864. The van der Waals surface area contributed by atoms with Crippen molar-refractivity contribution in [2.75, 3.05) is 13.2 Å². The number of carbonyl (C=O) groups excluding carboxylic acids is 3. The van der Waals surface area contributed by atoms with Crippen LogP contribution in [0.3, 0.4) is 0 Å². The number of hydrogen-bond acceptors (Lipinski definition) is 6. The normalized spacial score (nSPS) is 12.5. The Labute approximate surface area is 324 Å². The number of aliphatic hydroxyl groups is 1. The lowest BCUT2D eigenvalue weighted by molar-refractivity contribution is -0.147. The van der Waals surface area contributed by atoms with Gasteiger partial charge in [0.1, 0.15) is 12.1 Å². The van der Waals surface area contributed by atoms with Crippen LogP contribution in [-0.2, 0) is 23.9 Å². The molecule has 0 saturated carbocycles. The van der Waals surface area contributed by atoms with Gasteiger partial charge in [0.2, 0.25) is 11.8 Å². The van der Waals surface area contributed by atoms with Gasteiger partial charge in [-0.1, -0.05) is 174 Å². The molecule has 0 saturated heterocycles. The van der Waals surface area contributed by atoms with Gasteiger partial charge in [-0.15, -0.1) is 0 Å². The van der Waals surface area contributed by atoms with E-state index >= 15 is 0 Å². The third kappa shape index (κ3) is 36.3. The number of carboxylic acids is 1. The van der Waals surface area contributed by atoms with Crippen LogP contribution in [0.25, 0.3) is 0 Å². The number of carboxylic acid groups (broad SMARTS) is 1. The van der Waals surface area contributed by atoms with Crippen LogP contribution >= 0.6 is 0 Å². The largest absolute Gasteiger partial charge is 0.480 e. The van der Waals surface area contributed by atoms with Crippen molar-refractivity contribution >= 4 is 23.8 Å². The van der Waals surface area contributed by atoms with Gasteiger partial charge in [-0.05, 0) is 44.6 Å². The van der Waals surface area contributed by atoms with Crippen molar-refractivity contribution in [1.82, 2.24) is 10.6 Å². The number of carbonyl (C=O) groups is 4. The van der Waals surface area contributed by atoms with E-state index in [0.717, 1.165) is 51.4 Å². The molecule has 0 spiro atoms. The SMILES string of the molecule is CCCCCCCCC/C=C\C(CCCCCCC(=O)NCC(=O)NC(CO)C(=O)O)OC(=O)CCCCCCCCCCCCCCCCCCC. The van der Waals surface area contributed by atoms with E-state index in [2.05, 4.69) is 36.6 Å². The highest BCUT2D eigenvalue weighted by Gasteiger charge is 2.18. The predicted molar refractivity (Wildman–Crippen MR) is 218 cm³/mol. The second-order valence-electron chi connectivity index (χ2n) is 15.1. The van der Waals surface area contributed by atoms with Crippen LogP contribution in [0.5, 0.6) is 0 Å². The lowest BCUT2D eigenvalue weighted by Gasteiger charge is -2.15.